The Morgan fingerprint density at radius 2 is 1.65 bits per heavy atom. The number of benzene rings is 4. The predicted molar refractivity (Wildman–Crippen MR) is 123 cm³/mol. The molecule has 0 aliphatic carbocycles. The number of hydrogen-bond acceptors (Lipinski definition) is 2. The summed E-state index contributed by atoms with van der Waals surface area (Å²) in [4.78, 5) is 0. The fraction of sp³-hybridized carbons (Fsp3) is 0.111. The van der Waals surface area contributed by atoms with Crippen LogP contribution < -0.4 is 4.74 Å². The van der Waals surface area contributed by atoms with Crippen molar-refractivity contribution in [1.29, 1.82) is 0 Å². The second-order valence-corrected chi connectivity index (χ2v) is 7.65. The third-order valence-electron chi connectivity index (χ3n) is 5.78. The summed E-state index contributed by atoms with van der Waals surface area (Å²) in [5.41, 5.74) is 4.97. The molecular formula is C27H22FNO2. The molecule has 3 nitrogen and oxygen atoms in total. The number of aliphatic hydroxyl groups excluding tert-OH is 1. The average molecular weight is 411 g/mol. The number of aromatic nitrogens is 1. The highest BCUT2D eigenvalue weighted by atomic mass is 19.1. The van der Waals surface area contributed by atoms with Crippen LogP contribution in [0.25, 0.3) is 32.8 Å². The molecule has 0 amide bonds. The van der Waals surface area contributed by atoms with Crippen molar-refractivity contribution in [2.24, 2.45) is 0 Å². The molecule has 0 bridgehead atoms. The summed E-state index contributed by atoms with van der Waals surface area (Å²) in [5.74, 6) is 0.550. The zero-order valence-corrected chi connectivity index (χ0v) is 17.2. The highest BCUT2D eigenvalue weighted by molar-refractivity contribution is 6.09. The van der Waals surface area contributed by atoms with Gasteiger partial charge in [-0.1, -0.05) is 54.6 Å². The molecule has 0 unspecified atom stereocenters. The Morgan fingerprint density at radius 1 is 0.839 bits per heavy atom. The van der Waals surface area contributed by atoms with Crippen molar-refractivity contribution in [3.8, 4) is 16.9 Å². The molecule has 0 saturated carbocycles. The fourth-order valence-electron chi connectivity index (χ4n) is 4.29. The minimum Gasteiger partial charge on any atom is -0.496 e. The molecule has 0 radical (unpaired) electrons. The SMILES string of the molecule is COc1cc2ccccc2c2c1cc(CO)n2Cc1cccc(-c2ccc(F)cc2)c1. The van der Waals surface area contributed by atoms with Gasteiger partial charge < -0.3 is 14.4 Å². The first kappa shape index (κ1) is 19.3. The molecule has 31 heavy (non-hydrogen) atoms. The number of nitrogens with zero attached hydrogens (tertiary/aromatic N) is 1. The molecule has 1 aromatic heterocycles. The second kappa shape index (κ2) is 7.89. The molecule has 4 aromatic carbocycles. The van der Waals surface area contributed by atoms with E-state index in [1.165, 1.54) is 12.1 Å². The van der Waals surface area contributed by atoms with E-state index < -0.39 is 0 Å². The van der Waals surface area contributed by atoms with E-state index >= 15 is 0 Å². The van der Waals surface area contributed by atoms with E-state index in [0.29, 0.717) is 6.54 Å². The summed E-state index contributed by atoms with van der Waals surface area (Å²) in [7, 11) is 1.67. The zero-order valence-electron chi connectivity index (χ0n) is 17.2. The van der Waals surface area contributed by atoms with Gasteiger partial charge in [0.05, 0.1) is 19.2 Å². The molecule has 1 N–H and O–H groups in total. The van der Waals surface area contributed by atoms with Crippen molar-refractivity contribution in [3.63, 3.8) is 0 Å². The lowest BCUT2D eigenvalue weighted by Crippen LogP contribution is -2.05. The maximum absolute atomic E-state index is 13.3. The summed E-state index contributed by atoms with van der Waals surface area (Å²) in [6.07, 6.45) is 0. The van der Waals surface area contributed by atoms with Gasteiger partial charge in [0.25, 0.3) is 0 Å². The van der Waals surface area contributed by atoms with E-state index in [9.17, 15) is 9.50 Å². The Kier molecular flexibility index (Phi) is 4.92. The van der Waals surface area contributed by atoms with Crippen molar-refractivity contribution < 1.29 is 14.2 Å². The van der Waals surface area contributed by atoms with Gasteiger partial charge in [-0.05, 0) is 52.4 Å². The van der Waals surface area contributed by atoms with Crippen LogP contribution in [0.3, 0.4) is 0 Å². The standard InChI is InChI=1S/C27H22FNO2/c1-31-26-14-21-6-2-3-8-24(21)27-25(26)15-23(17-30)29(27)16-18-5-4-7-20(13-18)19-9-11-22(28)12-10-19/h2-15,30H,16-17H2,1H3. The third kappa shape index (κ3) is 3.45. The molecular weight excluding hydrogens is 389 g/mol. The van der Waals surface area contributed by atoms with E-state index in [4.69, 9.17) is 4.74 Å². The number of fused-ring (bicyclic) bond motifs is 3. The normalized spacial score (nSPS) is 11.3. The number of methoxy groups -OCH3 is 1. The molecule has 0 saturated heterocycles. The Labute approximate surface area is 179 Å². The first-order valence-corrected chi connectivity index (χ1v) is 10.2. The third-order valence-corrected chi connectivity index (χ3v) is 5.78. The summed E-state index contributed by atoms with van der Waals surface area (Å²) < 4.78 is 21.1. The molecule has 0 spiro atoms. The topological polar surface area (TPSA) is 34.4 Å². The Balaban J connectivity index is 1.66. The first-order valence-electron chi connectivity index (χ1n) is 10.2. The second-order valence-electron chi connectivity index (χ2n) is 7.65. The van der Waals surface area contributed by atoms with Crippen LogP contribution in [0.1, 0.15) is 11.3 Å². The Bertz CT molecular complexity index is 1390. The molecule has 154 valence electrons. The average Bonchev–Trinajstić information content (AvgIpc) is 3.18. The van der Waals surface area contributed by atoms with Crippen molar-refractivity contribution in [3.05, 3.63) is 102 Å². The van der Waals surface area contributed by atoms with E-state index in [1.54, 1.807) is 19.2 Å². The van der Waals surface area contributed by atoms with Crippen LogP contribution in [0.5, 0.6) is 5.75 Å². The fourth-order valence-corrected chi connectivity index (χ4v) is 4.29. The highest BCUT2D eigenvalue weighted by Gasteiger charge is 2.16. The minimum absolute atomic E-state index is 0.0657. The number of aliphatic hydroxyl groups is 1. The monoisotopic (exact) mass is 411 g/mol. The van der Waals surface area contributed by atoms with E-state index in [0.717, 1.165) is 49.8 Å². The van der Waals surface area contributed by atoms with Crippen molar-refractivity contribution >= 4 is 21.7 Å². The van der Waals surface area contributed by atoms with Crippen molar-refractivity contribution in [2.45, 2.75) is 13.2 Å². The molecule has 5 rings (SSSR count). The molecule has 0 aliphatic rings. The van der Waals surface area contributed by atoms with Crippen LogP contribution in [0.15, 0.2) is 84.9 Å². The van der Waals surface area contributed by atoms with Crippen LogP contribution in [-0.2, 0) is 13.2 Å². The Morgan fingerprint density at radius 3 is 2.42 bits per heavy atom. The number of halogens is 1. The largest absolute Gasteiger partial charge is 0.496 e. The van der Waals surface area contributed by atoms with Gasteiger partial charge in [-0.15, -0.1) is 0 Å². The molecule has 0 fully saturated rings. The summed E-state index contributed by atoms with van der Waals surface area (Å²) >= 11 is 0. The van der Waals surface area contributed by atoms with Gasteiger partial charge in [0.1, 0.15) is 11.6 Å². The lowest BCUT2D eigenvalue weighted by atomic mass is 10.0. The molecule has 0 aliphatic heterocycles. The first-order chi connectivity index (χ1) is 15.2. The van der Waals surface area contributed by atoms with Gasteiger partial charge in [0.15, 0.2) is 0 Å². The molecule has 0 atom stereocenters. The van der Waals surface area contributed by atoms with Crippen molar-refractivity contribution in [1.82, 2.24) is 4.57 Å². The van der Waals surface area contributed by atoms with E-state index in [-0.39, 0.29) is 12.4 Å². The Hall–Kier alpha value is -3.63. The zero-order chi connectivity index (χ0) is 21.4. The smallest absolute Gasteiger partial charge is 0.128 e. The molecule has 5 aromatic rings. The van der Waals surface area contributed by atoms with Crippen LogP contribution in [0.4, 0.5) is 4.39 Å². The molecule has 4 heteroatoms. The summed E-state index contributed by atoms with van der Waals surface area (Å²) in [5, 5.41) is 13.3. The predicted octanol–water partition coefficient (Wildman–Crippen LogP) is 6.15. The number of ether oxygens (including phenoxy) is 1. The lowest BCUT2D eigenvalue weighted by Gasteiger charge is -2.13. The maximum Gasteiger partial charge on any atom is 0.128 e. The summed E-state index contributed by atoms with van der Waals surface area (Å²) in [6, 6.07) is 27.0. The van der Waals surface area contributed by atoms with Gasteiger partial charge in [-0.2, -0.15) is 0 Å². The summed E-state index contributed by atoms with van der Waals surface area (Å²) in [6.45, 7) is 0.537. The van der Waals surface area contributed by atoms with Gasteiger partial charge in [-0.3, -0.25) is 0 Å². The van der Waals surface area contributed by atoms with Gasteiger partial charge in [-0.25, -0.2) is 4.39 Å². The van der Waals surface area contributed by atoms with E-state index in [2.05, 4.69) is 28.8 Å². The van der Waals surface area contributed by atoms with Gasteiger partial charge >= 0.3 is 0 Å². The lowest BCUT2D eigenvalue weighted by molar-refractivity contribution is 0.272. The number of rotatable bonds is 5. The van der Waals surface area contributed by atoms with Gasteiger partial charge in [0.2, 0.25) is 0 Å². The highest BCUT2D eigenvalue weighted by Crippen LogP contribution is 2.36. The van der Waals surface area contributed by atoms with Gasteiger partial charge in [0, 0.05) is 23.0 Å². The van der Waals surface area contributed by atoms with Crippen LogP contribution in [0, 0.1) is 5.82 Å². The van der Waals surface area contributed by atoms with Crippen molar-refractivity contribution in [2.75, 3.05) is 7.11 Å². The van der Waals surface area contributed by atoms with E-state index in [1.807, 2.05) is 36.4 Å². The van der Waals surface area contributed by atoms with Crippen LogP contribution in [0.2, 0.25) is 0 Å². The van der Waals surface area contributed by atoms with Crippen LogP contribution >= 0.6 is 0 Å². The quantitative estimate of drug-likeness (QED) is 0.376. The number of hydrogen-bond donors (Lipinski definition) is 1. The maximum atomic E-state index is 13.3. The minimum atomic E-state index is -0.243. The van der Waals surface area contributed by atoms with Crippen LogP contribution in [-0.4, -0.2) is 16.8 Å². The molecule has 1 heterocycles.